The Morgan fingerprint density at radius 1 is 1.07 bits per heavy atom. The second-order valence-electron chi connectivity index (χ2n) is 7.62. The molecule has 0 saturated carbocycles. The van der Waals surface area contributed by atoms with Gasteiger partial charge in [0.1, 0.15) is 5.82 Å². The van der Waals surface area contributed by atoms with E-state index in [-0.39, 0.29) is 5.82 Å². The Bertz CT molecular complexity index is 936. The fraction of sp³-hybridized carbons (Fsp3) is 0.409. The van der Waals surface area contributed by atoms with Crippen LogP contribution in [0.15, 0.2) is 35.7 Å². The average molecular weight is 399 g/mol. The van der Waals surface area contributed by atoms with E-state index in [4.69, 9.17) is 4.98 Å². The van der Waals surface area contributed by atoms with E-state index in [9.17, 15) is 4.39 Å². The van der Waals surface area contributed by atoms with E-state index in [2.05, 4.69) is 46.7 Å². The molecule has 0 amide bonds. The number of benzene rings is 1. The zero-order valence-electron chi connectivity index (χ0n) is 16.8. The second kappa shape index (κ2) is 8.05. The van der Waals surface area contributed by atoms with Gasteiger partial charge >= 0.3 is 0 Å². The van der Waals surface area contributed by atoms with Crippen LogP contribution in [0.1, 0.15) is 17.0 Å². The molecule has 0 atom stereocenters. The molecule has 148 valence electrons. The minimum Gasteiger partial charge on any atom is -0.348 e. The van der Waals surface area contributed by atoms with Crippen molar-refractivity contribution < 1.29 is 4.39 Å². The zero-order valence-corrected chi connectivity index (χ0v) is 17.6. The molecule has 1 saturated heterocycles. The molecule has 2 aromatic heterocycles. The van der Waals surface area contributed by atoms with E-state index in [1.54, 1.807) is 11.3 Å². The summed E-state index contributed by atoms with van der Waals surface area (Å²) in [6.45, 7) is 9.47. The molecule has 0 spiro atoms. The molecule has 1 aliphatic heterocycles. The standard InChI is InChI=1S/C22H27FN4S/c1-16-14-20(17(2)27(16)9-8-18-4-6-19(23)7-5-18)21-15-28-22(24-21)26-12-10-25(3)11-13-26/h4-7,14-15H,8-13H2,1-3H3. The van der Waals surface area contributed by atoms with Crippen LogP contribution in [0.2, 0.25) is 0 Å². The zero-order chi connectivity index (χ0) is 19.7. The third-order valence-corrected chi connectivity index (χ3v) is 6.55. The van der Waals surface area contributed by atoms with Crippen LogP contribution in [0.5, 0.6) is 0 Å². The summed E-state index contributed by atoms with van der Waals surface area (Å²) in [6.07, 6.45) is 0.889. The topological polar surface area (TPSA) is 24.3 Å². The SMILES string of the molecule is Cc1cc(-c2csc(N3CCN(C)CC3)n2)c(C)n1CCc1ccc(F)cc1. The first kappa shape index (κ1) is 19.2. The van der Waals surface area contributed by atoms with Gasteiger partial charge in [0.2, 0.25) is 0 Å². The maximum absolute atomic E-state index is 13.1. The van der Waals surface area contributed by atoms with Crippen LogP contribution in [0.4, 0.5) is 9.52 Å². The number of hydrogen-bond donors (Lipinski definition) is 0. The van der Waals surface area contributed by atoms with Crippen molar-refractivity contribution in [2.45, 2.75) is 26.8 Å². The van der Waals surface area contributed by atoms with Crippen LogP contribution >= 0.6 is 11.3 Å². The number of rotatable bonds is 5. The van der Waals surface area contributed by atoms with Crippen molar-refractivity contribution in [3.8, 4) is 11.3 Å². The smallest absolute Gasteiger partial charge is 0.185 e. The Balaban J connectivity index is 1.50. The minimum atomic E-state index is -0.181. The number of halogens is 1. The van der Waals surface area contributed by atoms with Crippen molar-refractivity contribution in [3.05, 3.63) is 58.5 Å². The van der Waals surface area contributed by atoms with E-state index >= 15 is 0 Å². The molecule has 0 aliphatic carbocycles. The number of piperazine rings is 1. The highest BCUT2D eigenvalue weighted by Crippen LogP contribution is 2.32. The molecular weight excluding hydrogens is 371 g/mol. The number of hydrogen-bond acceptors (Lipinski definition) is 4. The van der Waals surface area contributed by atoms with Crippen LogP contribution in [-0.2, 0) is 13.0 Å². The molecule has 3 aromatic rings. The monoisotopic (exact) mass is 398 g/mol. The van der Waals surface area contributed by atoms with Crippen LogP contribution in [0, 0.1) is 19.7 Å². The molecule has 1 aromatic carbocycles. The highest BCUT2D eigenvalue weighted by Gasteiger charge is 2.19. The summed E-state index contributed by atoms with van der Waals surface area (Å²) in [5.41, 5.74) is 5.92. The summed E-state index contributed by atoms with van der Waals surface area (Å²) in [6, 6.07) is 9.04. The van der Waals surface area contributed by atoms with Gasteiger partial charge in [-0.2, -0.15) is 0 Å². The molecular formula is C22H27FN4S. The maximum atomic E-state index is 13.1. The summed E-state index contributed by atoms with van der Waals surface area (Å²) in [5, 5.41) is 3.30. The number of nitrogens with zero attached hydrogens (tertiary/aromatic N) is 4. The first-order valence-corrected chi connectivity index (χ1v) is 10.7. The van der Waals surface area contributed by atoms with E-state index in [0.29, 0.717) is 0 Å². The third-order valence-electron chi connectivity index (χ3n) is 5.65. The fourth-order valence-corrected chi connectivity index (χ4v) is 4.71. The summed E-state index contributed by atoms with van der Waals surface area (Å²) in [4.78, 5) is 9.70. The molecule has 0 bridgehead atoms. The number of anilines is 1. The van der Waals surface area contributed by atoms with Crippen molar-refractivity contribution in [1.82, 2.24) is 14.5 Å². The van der Waals surface area contributed by atoms with Gasteiger partial charge in [-0.05, 0) is 51.1 Å². The Morgan fingerprint density at radius 3 is 2.50 bits per heavy atom. The molecule has 28 heavy (non-hydrogen) atoms. The minimum absolute atomic E-state index is 0.181. The van der Waals surface area contributed by atoms with Gasteiger partial charge in [-0.3, -0.25) is 0 Å². The summed E-state index contributed by atoms with van der Waals surface area (Å²) < 4.78 is 15.4. The first-order valence-electron chi connectivity index (χ1n) is 9.82. The molecule has 4 nitrogen and oxygen atoms in total. The summed E-state index contributed by atoms with van der Waals surface area (Å²) in [5.74, 6) is -0.181. The van der Waals surface area contributed by atoms with Crippen LogP contribution in [0.25, 0.3) is 11.3 Å². The lowest BCUT2D eigenvalue weighted by atomic mass is 10.1. The van der Waals surface area contributed by atoms with E-state index in [1.807, 2.05) is 12.1 Å². The maximum Gasteiger partial charge on any atom is 0.185 e. The lowest BCUT2D eigenvalue weighted by molar-refractivity contribution is 0.313. The summed E-state index contributed by atoms with van der Waals surface area (Å²) in [7, 11) is 2.17. The Morgan fingerprint density at radius 2 is 1.79 bits per heavy atom. The van der Waals surface area contributed by atoms with Crippen molar-refractivity contribution in [3.63, 3.8) is 0 Å². The highest BCUT2D eigenvalue weighted by molar-refractivity contribution is 7.14. The van der Waals surface area contributed by atoms with Gasteiger partial charge in [-0.1, -0.05) is 12.1 Å². The molecule has 0 unspecified atom stereocenters. The molecule has 0 radical (unpaired) electrons. The van der Waals surface area contributed by atoms with Gasteiger partial charge in [0.15, 0.2) is 5.13 Å². The number of aromatic nitrogens is 2. The van der Waals surface area contributed by atoms with Gasteiger partial charge in [0.05, 0.1) is 5.69 Å². The molecule has 4 rings (SSSR count). The van der Waals surface area contributed by atoms with Gasteiger partial charge in [0, 0.05) is 55.1 Å². The van der Waals surface area contributed by atoms with E-state index < -0.39 is 0 Å². The largest absolute Gasteiger partial charge is 0.348 e. The molecule has 1 fully saturated rings. The highest BCUT2D eigenvalue weighted by atomic mass is 32.1. The van der Waals surface area contributed by atoms with Crippen LogP contribution in [-0.4, -0.2) is 47.7 Å². The van der Waals surface area contributed by atoms with Gasteiger partial charge < -0.3 is 14.4 Å². The Labute approximate surface area is 170 Å². The van der Waals surface area contributed by atoms with Crippen molar-refractivity contribution in [2.24, 2.45) is 0 Å². The predicted octanol–water partition coefficient (Wildman–Crippen LogP) is 4.36. The van der Waals surface area contributed by atoms with Crippen LogP contribution < -0.4 is 4.90 Å². The fourth-order valence-electron chi connectivity index (χ4n) is 3.83. The lowest BCUT2D eigenvalue weighted by Crippen LogP contribution is -2.44. The van der Waals surface area contributed by atoms with Crippen molar-refractivity contribution in [2.75, 3.05) is 38.1 Å². The Kier molecular flexibility index (Phi) is 5.51. The molecule has 1 aliphatic rings. The normalized spacial score (nSPS) is 15.4. The van der Waals surface area contributed by atoms with Crippen molar-refractivity contribution in [1.29, 1.82) is 0 Å². The van der Waals surface area contributed by atoms with Gasteiger partial charge in [-0.15, -0.1) is 11.3 Å². The Hall–Kier alpha value is -2.18. The lowest BCUT2D eigenvalue weighted by Gasteiger charge is -2.32. The predicted molar refractivity (Wildman–Crippen MR) is 115 cm³/mol. The van der Waals surface area contributed by atoms with Crippen molar-refractivity contribution >= 4 is 16.5 Å². The molecule has 6 heteroatoms. The summed E-state index contributed by atoms with van der Waals surface area (Å²) >= 11 is 1.74. The quantitative estimate of drug-likeness (QED) is 0.638. The molecule has 0 N–H and O–H groups in total. The van der Waals surface area contributed by atoms with E-state index in [1.165, 1.54) is 29.1 Å². The average Bonchev–Trinajstić information content (AvgIpc) is 3.27. The third kappa shape index (κ3) is 3.98. The van der Waals surface area contributed by atoms with Crippen LogP contribution in [0.3, 0.4) is 0 Å². The van der Waals surface area contributed by atoms with Gasteiger partial charge in [-0.25, -0.2) is 9.37 Å². The van der Waals surface area contributed by atoms with E-state index in [0.717, 1.165) is 55.5 Å². The number of thiazole rings is 1. The number of aryl methyl sites for hydroxylation is 2. The first-order chi connectivity index (χ1) is 13.5. The number of likely N-dealkylation sites (N-methyl/N-ethyl adjacent to an activating group) is 1. The molecule has 3 heterocycles. The van der Waals surface area contributed by atoms with Gasteiger partial charge in [0.25, 0.3) is 0 Å². The second-order valence-corrected chi connectivity index (χ2v) is 8.46.